The fourth-order valence-electron chi connectivity index (χ4n) is 5.59. The Balaban J connectivity index is 1.70. The summed E-state index contributed by atoms with van der Waals surface area (Å²) in [5, 5.41) is 15.4. The normalized spacial score (nSPS) is 12.1. The maximum absolute atomic E-state index is 14.1. The summed E-state index contributed by atoms with van der Waals surface area (Å²) < 4.78 is 6.17. The third-order valence-corrected chi connectivity index (χ3v) is 8.61. The van der Waals surface area contributed by atoms with Crippen LogP contribution in [0.25, 0.3) is 21.6 Å². The van der Waals surface area contributed by atoms with Crippen molar-refractivity contribution in [2.45, 2.75) is 47.1 Å². The number of carbonyl (C=O) groups excluding carboxylic acids is 1. The largest absolute Gasteiger partial charge is 0.493 e. The molecule has 9 heteroatoms. The molecule has 2 aromatic heterocycles. The molecule has 218 valence electrons. The maximum Gasteiger partial charge on any atom is 0.355 e. The highest BCUT2D eigenvalue weighted by atomic mass is 32.1. The quantitative estimate of drug-likeness (QED) is 0.201. The van der Waals surface area contributed by atoms with Crippen LogP contribution in [0.2, 0.25) is 0 Å². The Morgan fingerprint density at radius 3 is 2.50 bits per heavy atom. The Morgan fingerprint density at radius 2 is 1.83 bits per heavy atom. The van der Waals surface area contributed by atoms with E-state index in [4.69, 9.17) is 10.5 Å². The number of anilines is 2. The lowest BCUT2D eigenvalue weighted by Gasteiger charge is -2.23. The number of ether oxygens (including phenoxy) is 1. The molecule has 2 aromatic carbocycles. The first kappa shape index (κ1) is 29.3. The summed E-state index contributed by atoms with van der Waals surface area (Å²) in [7, 11) is 0. The van der Waals surface area contributed by atoms with E-state index in [2.05, 4.69) is 23.3 Å². The zero-order chi connectivity index (χ0) is 30.0. The number of carboxylic acid groups (broad SMARTS) is 1. The minimum atomic E-state index is -1.16. The minimum Gasteiger partial charge on any atom is -0.493 e. The molecule has 0 unspecified atom stereocenters. The Morgan fingerprint density at radius 1 is 1.07 bits per heavy atom. The third kappa shape index (κ3) is 5.62. The molecule has 0 saturated heterocycles. The average molecular weight is 585 g/mol. The number of aromatic nitrogens is 1. The van der Waals surface area contributed by atoms with Gasteiger partial charge in [0.05, 0.1) is 6.61 Å². The van der Waals surface area contributed by atoms with Crippen molar-refractivity contribution in [2.24, 2.45) is 5.73 Å². The van der Waals surface area contributed by atoms with Gasteiger partial charge < -0.3 is 25.8 Å². The van der Waals surface area contributed by atoms with Crippen LogP contribution in [0.1, 0.15) is 63.4 Å². The number of carboxylic acids is 1. The Bertz CT molecular complexity index is 1640. The van der Waals surface area contributed by atoms with E-state index in [1.807, 2.05) is 55.3 Å². The first-order chi connectivity index (χ1) is 20.2. The maximum atomic E-state index is 14.1. The van der Waals surface area contributed by atoms with Crippen molar-refractivity contribution in [2.75, 3.05) is 29.9 Å². The molecule has 8 nitrogen and oxygen atoms in total. The van der Waals surface area contributed by atoms with Gasteiger partial charge in [-0.2, -0.15) is 0 Å². The molecule has 1 amide bonds. The van der Waals surface area contributed by atoms with Gasteiger partial charge in [0.1, 0.15) is 11.6 Å². The Labute approximate surface area is 250 Å². The average Bonchev–Trinajstić information content (AvgIpc) is 3.38. The molecule has 0 aliphatic carbocycles. The Kier molecular flexibility index (Phi) is 8.61. The van der Waals surface area contributed by atoms with E-state index < -0.39 is 5.97 Å². The van der Waals surface area contributed by atoms with E-state index >= 15 is 0 Å². The van der Waals surface area contributed by atoms with Crippen molar-refractivity contribution in [1.29, 1.82) is 0 Å². The number of amides is 1. The van der Waals surface area contributed by atoms with Crippen molar-refractivity contribution >= 4 is 34.7 Å². The molecule has 0 spiro atoms. The first-order valence-corrected chi connectivity index (χ1v) is 15.1. The van der Waals surface area contributed by atoms with Crippen LogP contribution in [-0.4, -0.2) is 41.7 Å². The third-order valence-electron chi connectivity index (χ3n) is 7.62. The van der Waals surface area contributed by atoms with Crippen molar-refractivity contribution in [1.82, 2.24) is 4.98 Å². The number of aromatic carboxylic acids is 1. The van der Waals surface area contributed by atoms with Crippen LogP contribution in [0, 0.1) is 13.8 Å². The number of nitrogens with zero attached hydrogens (tertiary/aromatic N) is 2. The zero-order valence-corrected chi connectivity index (χ0v) is 25.2. The van der Waals surface area contributed by atoms with Crippen molar-refractivity contribution in [3.05, 3.63) is 81.4 Å². The molecular weight excluding hydrogens is 548 g/mol. The number of thiophene rings is 1. The lowest BCUT2D eigenvalue weighted by molar-refractivity contribution is 0.0691. The van der Waals surface area contributed by atoms with Crippen molar-refractivity contribution < 1.29 is 19.4 Å². The number of benzene rings is 2. The predicted octanol–water partition coefficient (Wildman–Crippen LogP) is 6.67. The van der Waals surface area contributed by atoms with Crippen LogP contribution in [0.3, 0.4) is 0 Å². The summed E-state index contributed by atoms with van der Waals surface area (Å²) in [5.74, 6) is -0.300. The first-order valence-electron chi connectivity index (χ1n) is 14.2. The van der Waals surface area contributed by atoms with Gasteiger partial charge in [-0.1, -0.05) is 19.1 Å². The fraction of sp³-hybridized carbons (Fsp3) is 0.303. The molecule has 42 heavy (non-hydrogen) atoms. The summed E-state index contributed by atoms with van der Waals surface area (Å²) in [6, 6.07) is 13.2. The van der Waals surface area contributed by atoms with Gasteiger partial charge in [0, 0.05) is 58.9 Å². The van der Waals surface area contributed by atoms with Crippen LogP contribution in [0.4, 0.5) is 11.5 Å². The predicted molar refractivity (Wildman–Crippen MR) is 169 cm³/mol. The SMILES string of the molecule is CCCN(CC)c1ccc(-c2cc3c(cc2C(=O)Nc2c(C)cc(CN)cc2C)-c2sccc2CCO3)c(C(=O)O)n1. The molecule has 5 rings (SSSR count). The highest BCUT2D eigenvalue weighted by Crippen LogP contribution is 2.43. The summed E-state index contributed by atoms with van der Waals surface area (Å²) >= 11 is 1.60. The summed E-state index contributed by atoms with van der Waals surface area (Å²) in [4.78, 5) is 34.4. The van der Waals surface area contributed by atoms with E-state index in [-0.39, 0.29) is 11.6 Å². The van der Waals surface area contributed by atoms with Gasteiger partial charge in [0.2, 0.25) is 0 Å². The van der Waals surface area contributed by atoms with Crippen LogP contribution in [0.5, 0.6) is 5.75 Å². The second-order valence-corrected chi connectivity index (χ2v) is 11.4. The molecular formula is C33H36N4O4S. The molecule has 0 radical (unpaired) electrons. The van der Waals surface area contributed by atoms with Gasteiger partial charge in [-0.05, 0) is 85.2 Å². The fourth-order valence-corrected chi connectivity index (χ4v) is 6.56. The molecule has 1 aliphatic rings. The number of aryl methyl sites for hydroxylation is 2. The molecule has 0 fully saturated rings. The number of rotatable bonds is 9. The van der Waals surface area contributed by atoms with Crippen LogP contribution in [-0.2, 0) is 13.0 Å². The van der Waals surface area contributed by atoms with Gasteiger partial charge in [0.25, 0.3) is 5.91 Å². The van der Waals surface area contributed by atoms with Crippen LogP contribution in [0.15, 0.2) is 47.8 Å². The molecule has 0 bridgehead atoms. The van der Waals surface area contributed by atoms with Gasteiger partial charge in [0.15, 0.2) is 5.69 Å². The van der Waals surface area contributed by atoms with Gasteiger partial charge in [-0.15, -0.1) is 11.3 Å². The Hall–Kier alpha value is -4.21. The van der Waals surface area contributed by atoms with E-state index in [1.54, 1.807) is 23.5 Å². The highest BCUT2D eigenvalue weighted by molar-refractivity contribution is 7.13. The van der Waals surface area contributed by atoms with Gasteiger partial charge in [-0.25, -0.2) is 9.78 Å². The number of carbonyl (C=O) groups is 2. The number of nitrogens with two attached hydrogens (primary N) is 1. The standard InChI is InChI=1S/C33H36N4O4S/c1-5-11-37(6-2)28-8-7-23(30(35-28)33(39)40)24-17-27-26(31-22(9-12-41-27)10-13-42-31)16-25(24)32(38)36-29-19(3)14-21(18-34)15-20(29)4/h7-8,10,13-17H,5-6,9,11-12,18,34H2,1-4H3,(H,36,38)(H,39,40). The minimum absolute atomic E-state index is 0.110. The monoisotopic (exact) mass is 584 g/mol. The molecule has 0 atom stereocenters. The number of pyridine rings is 1. The highest BCUT2D eigenvalue weighted by Gasteiger charge is 2.27. The molecule has 4 aromatic rings. The summed E-state index contributed by atoms with van der Waals surface area (Å²) in [5.41, 5.74) is 12.4. The van der Waals surface area contributed by atoms with E-state index in [9.17, 15) is 14.7 Å². The second kappa shape index (κ2) is 12.3. The molecule has 0 saturated carbocycles. The second-order valence-electron chi connectivity index (χ2n) is 10.5. The van der Waals surface area contributed by atoms with E-state index in [0.717, 1.165) is 52.1 Å². The number of hydrogen-bond acceptors (Lipinski definition) is 7. The molecule has 1 aliphatic heterocycles. The van der Waals surface area contributed by atoms with Crippen molar-refractivity contribution in [3.63, 3.8) is 0 Å². The molecule has 3 heterocycles. The smallest absolute Gasteiger partial charge is 0.355 e. The van der Waals surface area contributed by atoms with Crippen LogP contribution >= 0.6 is 11.3 Å². The van der Waals surface area contributed by atoms with Gasteiger partial charge in [-0.3, -0.25) is 4.79 Å². The lowest BCUT2D eigenvalue weighted by atomic mass is 9.93. The lowest BCUT2D eigenvalue weighted by Crippen LogP contribution is -2.25. The summed E-state index contributed by atoms with van der Waals surface area (Å²) in [6.45, 7) is 10.3. The zero-order valence-electron chi connectivity index (χ0n) is 24.4. The number of nitrogens with one attached hydrogen (secondary N) is 1. The van der Waals surface area contributed by atoms with E-state index in [0.29, 0.717) is 53.6 Å². The number of fused-ring (bicyclic) bond motifs is 3. The van der Waals surface area contributed by atoms with E-state index in [1.165, 1.54) is 0 Å². The summed E-state index contributed by atoms with van der Waals surface area (Å²) in [6.07, 6.45) is 1.65. The van der Waals surface area contributed by atoms with Crippen LogP contribution < -0.4 is 20.7 Å². The number of hydrogen-bond donors (Lipinski definition) is 3. The van der Waals surface area contributed by atoms with Gasteiger partial charge >= 0.3 is 5.97 Å². The van der Waals surface area contributed by atoms with Crippen molar-refractivity contribution in [3.8, 4) is 27.3 Å². The topological polar surface area (TPSA) is 118 Å². The molecule has 4 N–H and O–H groups in total.